The van der Waals surface area contributed by atoms with Crippen molar-refractivity contribution in [3.8, 4) is 0 Å². The maximum atomic E-state index is 2.57. The van der Waals surface area contributed by atoms with Crippen LogP contribution in [-0.2, 0) is 0 Å². The molecule has 1 atom stereocenters. The van der Waals surface area contributed by atoms with Crippen molar-refractivity contribution >= 4 is 0 Å². The molecular weight excluding hydrogens is 372 g/mol. The number of hydrogen-bond donors (Lipinski definition) is 0. The lowest BCUT2D eigenvalue weighted by Gasteiger charge is -2.60. The minimum absolute atomic E-state index is 0.563. The smallest absolute Gasteiger partial charge is 0.0236 e. The van der Waals surface area contributed by atoms with E-state index in [4.69, 9.17) is 0 Å². The van der Waals surface area contributed by atoms with Crippen LogP contribution in [0.4, 0.5) is 0 Å². The summed E-state index contributed by atoms with van der Waals surface area (Å²) in [6.07, 6.45) is 27.4. The van der Waals surface area contributed by atoms with Gasteiger partial charge in [0, 0.05) is 0 Å². The Morgan fingerprint density at radius 1 is 0.387 bits per heavy atom. The van der Waals surface area contributed by atoms with E-state index >= 15 is 0 Å². The molecule has 0 spiro atoms. The summed E-state index contributed by atoms with van der Waals surface area (Å²) < 4.78 is 0. The van der Waals surface area contributed by atoms with E-state index in [1.807, 2.05) is 0 Å². The molecule has 0 aromatic rings. The van der Waals surface area contributed by atoms with E-state index in [1.165, 1.54) is 122 Å². The lowest BCUT2D eigenvalue weighted by atomic mass is 9.45. The Morgan fingerprint density at radius 2 is 0.774 bits per heavy atom. The molecule has 1 saturated carbocycles. The Bertz CT molecular complexity index is 443. The van der Waals surface area contributed by atoms with Crippen LogP contribution >= 0.6 is 0 Å². The molecule has 1 unspecified atom stereocenters. The first-order valence-electron chi connectivity index (χ1n) is 14.9. The maximum absolute atomic E-state index is 2.57. The highest BCUT2D eigenvalue weighted by Crippen LogP contribution is 2.66. The quantitative estimate of drug-likeness (QED) is 0.240. The van der Waals surface area contributed by atoms with Crippen molar-refractivity contribution in [2.24, 2.45) is 21.7 Å². The van der Waals surface area contributed by atoms with E-state index in [0.717, 1.165) is 0 Å². The van der Waals surface area contributed by atoms with Gasteiger partial charge in [-0.05, 0) is 98.7 Å². The first-order valence-corrected chi connectivity index (χ1v) is 14.9. The third-order valence-electron chi connectivity index (χ3n) is 9.71. The largest absolute Gasteiger partial charge is 0.0654 e. The zero-order chi connectivity index (χ0) is 23.4. The predicted molar refractivity (Wildman–Crippen MR) is 143 cm³/mol. The molecule has 0 amide bonds. The van der Waals surface area contributed by atoms with Crippen LogP contribution in [0.15, 0.2) is 0 Å². The van der Waals surface area contributed by atoms with Crippen molar-refractivity contribution in [3.05, 3.63) is 0 Å². The van der Waals surface area contributed by atoms with Crippen molar-refractivity contribution < 1.29 is 0 Å². The van der Waals surface area contributed by atoms with E-state index in [2.05, 4.69) is 55.4 Å². The van der Waals surface area contributed by atoms with Gasteiger partial charge in [0.15, 0.2) is 0 Å². The molecule has 186 valence electrons. The molecule has 0 aromatic carbocycles. The molecule has 0 nitrogen and oxygen atoms in total. The van der Waals surface area contributed by atoms with Gasteiger partial charge in [0.2, 0.25) is 0 Å². The number of rotatable bonds is 15. The normalized spacial score (nSPS) is 25.2. The van der Waals surface area contributed by atoms with Gasteiger partial charge in [-0.1, -0.05) is 100 Å². The van der Waals surface area contributed by atoms with Gasteiger partial charge in [0.25, 0.3) is 0 Å². The first kappa shape index (κ1) is 29.0. The van der Waals surface area contributed by atoms with Crippen molar-refractivity contribution in [2.75, 3.05) is 0 Å². The van der Waals surface area contributed by atoms with Crippen LogP contribution in [0.3, 0.4) is 0 Å². The average Bonchev–Trinajstić information content (AvgIpc) is 2.71. The minimum Gasteiger partial charge on any atom is -0.0654 e. The second kappa shape index (κ2) is 13.6. The van der Waals surface area contributed by atoms with Crippen molar-refractivity contribution in [2.45, 2.75) is 177 Å². The maximum Gasteiger partial charge on any atom is -0.0236 e. The highest BCUT2D eigenvalue weighted by molar-refractivity contribution is 5.05. The van der Waals surface area contributed by atoms with Crippen LogP contribution in [0, 0.1) is 21.7 Å². The van der Waals surface area contributed by atoms with E-state index in [9.17, 15) is 0 Å². The third-order valence-corrected chi connectivity index (χ3v) is 9.71. The summed E-state index contributed by atoms with van der Waals surface area (Å²) in [6, 6.07) is 0. The summed E-state index contributed by atoms with van der Waals surface area (Å²) >= 11 is 0. The molecular formula is C31H62. The zero-order valence-corrected chi connectivity index (χ0v) is 23.4. The highest BCUT2D eigenvalue weighted by Gasteiger charge is 2.55. The number of hydrogen-bond acceptors (Lipinski definition) is 0. The Balaban J connectivity index is 3.74. The Hall–Kier alpha value is 0. The fourth-order valence-electron chi connectivity index (χ4n) is 9.16. The third kappa shape index (κ3) is 6.76. The molecule has 31 heavy (non-hydrogen) atoms. The fraction of sp³-hybridized carbons (Fsp3) is 1.00. The molecule has 1 rings (SSSR count). The predicted octanol–water partition coefficient (Wildman–Crippen LogP) is 11.5. The second-order valence-corrected chi connectivity index (χ2v) is 12.0. The van der Waals surface area contributed by atoms with Gasteiger partial charge < -0.3 is 0 Å². The Kier molecular flexibility index (Phi) is 12.8. The Morgan fingerprint density at radius 3 is 1.16 bits per heavy atom. The van der Waals surface area contributed by atoms with Crippen LogP contribution in [0.5, 0.6) is 0 Å². The minimum atomic E-state index is 0.563. The second-order valence-electron chi connectivity index (χ2n) is 12.0. The van der Waals surface area contributed by atoms with Crippen molar-refractivity contribution in [1.29, 1.82) is 0 Å². The van der Waals surface area contributed by atoms with Crippen molar-refractivity contribution in [3.63, 3.8) is 0 Å². The van der Waals surface area contributed by atoms with Gasteiger partial charge in [-0.3, -0.25) is 0 Å². The van der Waals surface area contributed by atoms with Gasteiger partial charge >= 0.3 is 0 Å². The molecule has 1 fully saturated rings. The molecule has 0 heterocycles. The topological polar surface area (TPSA) is 0 Å². The highest BCUT2D eigenvalue weighted by atomic mass is 14.6. The van der Waals surface area contributed by atoms with Gasteiger partial charge in [0.1, 0.15) is 0 Å². The van der Waals surface area contributed by atoms with E-state index in [1.54, 1.807) is 0 Å². The molecule has 0 bridgehead atoms. The molecule has 0 radical (unpaired) electrons. The molecule has 0 heteroatoms. The van der Waals surface area contributed by atoms with Crippen LogP contribution in [0.2, 0.25) is 0 Å². The summed E-state index contributed by atoms with van der Waals surface area (Å²) in [7, 11) is 0. The van der Waals surface area contributed by atoms with E-state index < -0.39 is 0 Å². The zero-order valence-electron chi connectivity index (χ0n) is 23.4. The summed E-state index contributed by atoms with van der Waals surface area (Å²) in [5.41, 5.74) is 2.31. The van der Waals surface area contributed by atoms with Gasteiger partial charge in [-0.15, -0.1) is 0 Å². The Labute approximate surface area is 199 Å². The SMILES string of the molecule is CCCC1(CCC)CCC(CC)(CCC)C(CCC)(CCC)CC(CCC)(CCC)C1. The summed E-state index contributed by atoms with van der Waals surface area (Å²) in [5.74, 6) is 0. The summed E-state index contributed by atoms with van der Waals surface area (Å²) in [4.78, 5) is 0. The summed E-state index contributed by atoms with van der Waals surface area (Å²) in [6.45, 7) is 19.8. The lowest BCUT2D eigenvalue weighted by Crippen LogP contribution is -2.50. The lowest BCUT2D eigenvalue weighted by molar-refractivity contribution is -0.0984. The van der Waals surface area contributed by atoms with E-state index in [0.29, 0.717) is 21.7 Å². The molecule has 0 aliphatic heterocycles. The van der Waals surface area contributed by atoms with E-state index in [-0.39, 0.29) is 0 Å². The molecule has 0 aromatic heterocycles. The first-order chi connectivity index (χ1) is 14.9. The van der Waals surface area contributed by atoms with Gasteiger partial charge in [-0.2, -0.15) is 0 Å². The molecule has 1 aliphatic carbocycles. The van der Waals surface area contributed by atoms with Gasteiger partial charge in [-0.25, -0.2) is 0 Å². The van der Waals surface area contributed by atoms with Gasteiger partial charge in [0.05, 0.1) is 0 Å². The molecule has 1 aliphatic rings. The van der Waals surface area contributed by atoms with Crippen LogP contribution < -0.4 is 0 Å². The molecule has 0 N–H and O–H groups in total. The molecule has 0 saturated heterocycles. The van der Waals surface area contributed by atoms with Crippen LogP contribution in [-0.4, -0.2) is 0 Å². The fourth-order valence-corrected chi connectivity index (χ4v) is 9.16. The average molecular weight is 435 g/mol. The van der Waals surface area contributed by atoms with Crippen LogP contribution in [0.25, 0.3) is 0 Å². The monoisotopic (exact) mass is 434 g/mol. The van der Waals surface area contributed by atoms with Crippen molar-refractivity contribution in [1.82, 2.24) is 0 Å². The van der Waals surface area contributed by atoms with Crippen LogP contribution in [0.1, 0.15) is 177 Å². The summed E-state index contributed by atoms with van der Waals surface area (Å²) in [5, 5.41) is 0. The standard InChI is InChI=1S/C31H62/c1-9-17-28(18-10-2)24-25-30(16-8,21-13-5)31(22-14-6,23-15-7)27-29(26-28,19-11-3)20-12-4/h9-27H2,1-8H3.